The Bertz CT molecular complexity index is 571. The van der Waals surface area contributed by atoms with E-state index in [1.165, 1.54) is 0 Å². The van der Waals surface area contributed by atoms with E-state index in [1.807, 2.05) is 13.8 Å². The number of pyridine rings is 1. The summed E-state index contributed by atoms with van der Waals surface area (Å²) in [4.78, 5) is 17.9. The highest BCUT2D eigenvalue weighted by atomic mass is 32.2. The van der Waals surface area contributed by atoms with Gasteiger partial charge in [0.15, 0.2) is 0 Å². The number of carbonyl (C=O) groups excluding carboxylic acids is 1. The van der Waals surface area contributed by atoms with Crippen LogP contribution in [0.4, 0.5) is 5.69 Å². The Labute approximate surface area is 125 Å². The number of carbonyl (C=O) groups is 1. The van der Waals surface area contributed by atoms with E-state index in [-0.39, 0.29) is 12.5 Å². The van der Waals surface area contributed by atoms with Gasteiger partial charge >= 0.3 is 0 Å². The maximum absolute atomic E-state index is 12.2. The van der Waals surface area contributed by atoms with Gasteiger partial charge < -0.3 is 10.2 Å². The summed E-state index contributed by atoms with van der Waals surface area (Å²) in [5, 5.41) is 3.05. The van der Waals surface area contributed by atoms with Crippen LogP contribution in [0.15, 0.2) is 18.3 Å². The van der Waals surface area contributed by atoms with Gasteiger partial charge in [-0.2, -0.15) is 0 Å². The van der Waals surface area contributed by atoms with Crippen LogP contribution in [0.2, 0.25) is 0 Å². The summed E-state index contributed by atoms with van der Waals surface area (Å²) < 4.78 is 24.2. The van der Waals surface area contributed by atoms with Gasteiger partial charge in [0.2, 0.25) is 10.0 Å². The van der Waals surface area contributed by atoms with Crippen LogP contribution in [0.25, 0.3) is 0 Å². The maximum Gasteiger partial charge on any atom is 0.272 e. The molecule has 1 heterocycles. The highest BCUT2D eigenvalue weighted by molar-refractivity contribution is 7.88. The zero-order valence-electron chi connectivity index (χ0n) is 12.6. The molecule has 1 aromatic heterocycles. The average molecular weight is 314 g/mol. The lowest BCUT2D eigenvalue weighted by atomic mass is 10.2. The number of rotatable bonds is 8. The van der Waals surface area contributed by atoms with Gasteiger partial charge in [-0.1, -0.05) is 0 Å². The first-order valence-electron chi connectivity index (χ1n) is 6.81. The molecule has 0 aliphatic carbocycles. The molecule has 0 fully saturated rings. The second-order valence-electron chi connectivity index (χ2n) is 4.50. The Hall–Kier alpha value is -1.67. The molecule has 1 rings (SSSR count). The molecule has 0 unspecified atom stereocenters. The van der Waals surface area contributed by atoms with Gasteiger partial charge in [-0.15, -0.1) is 0 Å². The van der Waals surface area contributed by atoms with Gasteiger partial charge in [0, 0.05) is 38.1 Å². The SMILES string of the molecule is CCN(CC)C(=O)c1cc(NCCNS(C)(=O)=O)ccn1. The molecule has 118 valence electrons. The fraction of sp³-hybridized carbons (Fsp3) is 0.538. The van der Waals surface area contributed by atoms with E-state index in [0.717, 1.165) is 11.9 Å². The van der Waals surface area contributed by atoms with Crippen LogP contribution in [-0.2, 0) is 10.0 Å². The third-order valence-electron chi connectivity index (χ3n) is 2.85. The summed E-state index contributed by atoms with van der Waals surface area (Å²) in [5.74, 6) is -0.113. The molecular formula is C13H22N4O3S. The van der Waals surface area contributed by atoms with Gasteiger partial charge in [0.25, 0.3) is 5.91 Å². The normalized spacial score (nSPS) is 11.2. The van der Waals surface area contributed by atoms with Crippen molar-refractivity contribution in [3.05, 3.63) is 24.0 Å². The van der Waals surface area contributed by atoms with Gasteiger partial charge in [-0.05, 0) is 26.0 Å². The first-order valence-corrected chi connectivity index (χ1v) is 8.70. The van der Waals surface area contributed by atoms with Gasteiger partial charge in [0.1, 0.15) is 5.69 Å². The lowest BCUT2D eigenvalue weighted by molar-refractivity contribution is 0.0767. The minimum Gasteiger partial charge on any atom is -0.384 e. The molecule has 1 aromatic rings. The largest absolute Gasteiger partial charge is 0.384 e. The molecule has 0 radical (unpaired) electrons. The number of aromatic nitrogens is 1. The van der Waals surface area contributed by atoms with Crippen molar-refractivity contribution in [3.63, 3.8) is 0 Å². The second-order valence-corrected chi connectivity index (χ2v) is 6.33. The third kappa shape index (κ3) is 6.09. The molecule has 0 aromatic carbocycles. The highest BCUT2D eigenvalue weighted by Crippen LogP contribution is 2.09. The van der Waals surface area contributed by atoms with Crippen molar-refractivity contribution in [1.82, 2.24) is 14.6 Å². The molecule has 0 aliphatic heterocycles. The number of nitrogens with zero attached hydrogens (tertiary/aromatic N) is 2. The number of amides is 1. The number of hydrogen-bond acceptors (Lipinski definition) is 5. The predicted octanol–water partition coefficient (Wildman–Crippen LogP) is 0.525. The first-order chi connectivity index (χ1) is 9.87. The quantitative estimate of drug-likeness (QED) is 0.683. The summed E-state index contributed by atoms with van der Waals surface area (Å²) >= 11 is 0. The summed E-state index contributed by atoms with van der Waals surface area (Å²) in [7, 11) is -3.18. The number of nitrogens with one attached hydrogen (secondary N) is 2. The van der Waals surface area contributed by atoms with E-state index in [1.54, 1.807) is 23.2 Å². The molecule has 7 nitrogen and oxygen atoms in total. The smallest absolute Gasteiger partial charge is 0.272 e. The third-order valence-corrected chi connectivity index (χ3v) is 3.58. The molecule has 8 heteroatoms. The van der Waals surface area contributed by atoms with E-state index >= 15 is 0 Å². The minimum absolute atomic E-state index is 0.113. The lowest BCUT2D eigenvalue weighted by Gasteiger charge is -2.18. The molecule has 2 N–H and O–H groups in total. The number of sulfonamides is 1. The number of anilines is 1. The monoisotopic (exact) mass is 314 g/mol. The molecule has 21 heavy (non-hydrogen) atoms. The van der Waals surface area contributed by atoms with E-state index in [9.17, 15) is 13.2 Å². The van der Waals surface area contributed by atoms with Gasteiger partial charge in [0.05, 0.1) is 6.26 Å². The molecule has 0 aliphatic rings. The van der Waals surface area contributed by atoms with Crippen molar-refractivity contribution >= 4 is 21.6 Å². The lowest BCUT2D eigenvalue weighted by Crippen LogP contribution is -2.31. The Kier molecular flexibility index (Phi) is 6.57. The Morgan fingerprint density at radius 1 is 1.29 bits per heavy atom. The Morgan fingerprint density at radius 3 is 2.52 bits per heavy atom. The van der Waals surface area contributed by atoms with Crippen LogP contribution >= 0.6 is 0 Å². The van der Waals surface area contributed by atoms with Crippen molar-refractivity contribution in [3.8, 4) is 0 Å². The molecule has 0 saturated heterocycles. The van der Waals surface area contributed by atoms with Crippen LogP contribution < -0.4 is 10.0 Å². The summed E-state index contributed by atoms with van der Waals surface area (Å²) in [6.07, 6.45) is 2.67. The van der Waals surface area contributed by atoms with Crippen molar-refractivity contribution < 1.29 is 13.2 Å². The molecule has 1 amide bonds. The van der Waals surface area contributed by atoms with Crippen molar-refractivity contribution in [2.24, 2.45) is 0 Å². The molecule has 0 bridgehead atoms. The molecule has 0 saturated carbocycles. The standard InChI is InChI=1S/C13H22N4O3S/c1-4-17(5-2)13(18)12-10-11(6-7-15-12)14-8-9-16-21(3,19)20/h6-7,10,16H,4-5,8-9H2,1-3H3,(H,14,15). The molecule has 0 atom stereocenters. The van der Waals surface area contributed by atoms with Crippen LogP contribution in [0, 0.1) is 0 Å². The van der Waals surface area contributed by atoms with Gasteiger partial charge in [-0.25, -0.2) is 13.1 Å². The average Bonchev–Trinajstić information content (AvgIpc) is 2.44. The van der Waals surface area contributed by atoms with Crippen molar-refractivity contribution in [2.75, 3.05) is 37.8 Å². The highest BCUT2D eigenvalue weighted by Gasteiger charge is 2.13. The minimum atomic E-state index is -3.18. The Morgan fingerprint density at radius 2 is 1.95 bits per heavy atom. The first kappa shape index (κ1) is 17.4. The van der Waals surface area contributed by atoms with E-state index < -0.39 is 10.0 Å². The summed E-state index contributed by atoms with van der Waals surface area (Å²) in [5.41, 5.74) is 1.11. The summed E-state index contributed by atoms with van der Waals surface area (Å²) in [6.45, 7) is 5.80. The zero-order valence-corrected chi connectivity index (χ0v) is 13.4. The van der Waals surface area contributed by atoms with Gasteiger partial charge in [-0.3, -0.25) is 9.78 Å². The van der Waals surface area contributed by atoms with Crippen molar-refractivity contribution in [1.29, 1.82) is 0 Å². The van der Waals surface area contributed by atoms with Crippen LogP contribution in [0.1, 0.15) is 24.3 Å². The number of hydrogen-bond donors (Lipinski definition) is 2. The summed E-state index contributed by atoms with van der Waals surface area (Å²) in [6, 6.07) is 3.40. The maximum atomic E-state index is 12.2. The van der Waals surface area contributed by atoms with Crippen LogP contribution in [0.3, 0.4) is 0 Å². The van der Waals surface area contributed by atoms with E-state index in [4.69, 9.17) is 0 Å². The topological polar surface area (TPSA) is 91.4 Å². The fourth-order valence-corrected chi connectivity index (χ4v) is 2.25. The zero-order chi connectivity index (χ0) is 15.9. The van der Waals surface area contributed by atoms with E-state index in [0.29, 0.717) is 25.3 Å². The van der Waals surface area contributed by atoms with Crippen LogP contribution in [0.5, 0.6) is 0 Å². The second kappa shape index (κ2) is 7.94. The van der Waals surface area contributed by atoms with Crippen molar-refractivity contribution in [2.45, 2.75) is 13.8 Å². The predicted molar refractivity (Wildman–Crippen MR) is 82.8 cm³/mol. The van der Waals surface area contributed by atoms with Crippen LogP contribution in [-0.4, -0.2) is 56.6 Å². The molecular weight excluding hydrogens is 292 g/mol. The van der Waals surface area contributed by atoms with E-state index in [2.05, 4.69) is 15.0 Å². The molecule has 0 spiro atoms. The fourth-order valence-electron chi connectivity index (χ4n) is 1.77. The Balaban J connectivity index is 2.62.